The molecule has 1 atom stereocenters. The van der Waals surface area contributed by atoms with E-state index in [4.69, 9.17) is 9.47 Å². The molecule has 0 spiro atoms. The Labute approximate surface area is 205 Å². The monoisotopic (exact) mass is 483 g/mol. The molecule has 5 rings (SSSR count). The lowest BCUT2D eigenvalue weighted by Crippen LogP contribution is -2.31. The van der Waals surface area contributed by atoms with Crippen molar-refractivity contribution in [2.45, 2.75) is 13.0 Å². The van der Waals surface area contributed by atoms with Crippen LogP contribution in [0.25, 0.3) is 0 Å². The molecule has 1 aliphatic heterocycles. The highest BCUT2D eigenvalue weighted by molar-refractivity contribution is 6.05. The zero-order valence-electron chi connectivity index (χ0n) is 19.4. The average Bonchev–Trinajstić information content (AvgIpc) is 3.37. The number of tetrazole rings is 1. The first kappa shape index (κ1) is 22.7. The number of allylic oxidation sites excluding steroid dienone is 1. The lowest BCUT2D eigenvalue weighted by molar-refractivity contribution is -0.113. The first-order chi connectivity index (χ1) is 17.5. The molecule has 1 unspecified atom stereocenters. The number of nitrogens with one attached hydrogen (secondary N) is 2. The topological polar surface area (TPSA) is 133 Å². The molecule has 0 saturated heterocycles. The molecule has 180 valence electrons. The first-order valence-electron chi connectivity index (χ1n) is 11.0. The largest absolute Gasteiger partial charge is 0.493 e. The minimum absolute atomic E-state index is 0.237. The Bertz CT molecular complexity index is 1450. The molecule has 0 saturated carbocycles. The van der Waals surface area contributed by atoms with Crippen LogP contribution in [0.3, 0.4) is 0 Å². The fourth-order valence-corrected chi connectivity index (χ4v) is 3.91. The van der Waals surface area contributed by atoms with Gasteiger partial charge in [0.15, 0.2) is 11.5 Å². The van der Waals surface area contributed by atoms with Gasteiger partial charge >= 0.3 is 5.97 Å². The van der Waals surface area contributed by atoms with Crippen LogP contribution in [0.15, 0.2) is 84.2 Å². The van der Waals surface area contributed by atoms with Crippen LogP contribution >= 0.6 is 0 Å². The maximum Gasteiger partial charge on any atom is 0.343 e. The number of carbonyl (C=O) groups is 2. The summed E-state index contributed by atoms with van der Waals surface area (Å²) in [5.41, 5.74) is 2.02. The van der Waals surface area contributed by atoms with Crippen molar-refractivity contribution in [2.75, 3.05) is 17.7 Å². The van der Waals surface area contributed by atoms with E-state index in [2.05, 4.69) is 31.1 Å². The van der Waals surface area contributed by atoms with Gasteiger partial charge in [-0.15, -0.1) is 0 Å². The third kappa shape index (κ3) is 4.37. The lowest BCUT2D eigenvalue weighted by Gasteiger charge is -2.28. The fraction of sp³-hybridized carbons (Fsp3) is 0.120. The standard InChI is InChI=1S/C25H21N7O4/c1-15-21(23(33)28-20-10-6-7-13-26-20)22(32-25(27-15)29-30-31-32)17-11-12-18(19(14-17)35-2)36-24(34)16-8-4-3-5-9-16/h3-14,22H,1-2H3,(H,26,28,33)(H,27,29,31). The molecule has 1 amide bonds. The Morgan fingerprint density at radius 2 is 1.83 bits per heavy atom. The number of hydrogen-bond donors (Lipinski definition) is 2. The number of hydrogen-bond acceptors (Lipinski definition) is 9. The highest BCUT2D eigenvalue weighted by Crippen LogP contribution is 2.38. The van der Waals surface area contributed by atoms with Crippen LogP contribution in [0, 0.1) is 0 Å². The third-order valence-corrected chi connectivity index (χ3v) is 5.58. The number of methoxy groups -OCH3 is 1. The summed E-state index contributed by atoms with van der Waals surface area (Å²) < 4.78 is 12.6. The summed E-state index contributed by atoms with van der Waals surface area (Å²) in [6.45, 7) is 1.77. The molecule has 4 aromatic rings. The summed E-state index contributed by atoms with van der Waals surface area (Å²) in [6, 6.07) is 18.2. The predicted octanol–water partition coefficient (Wildman–Crippen LogP) is 3.22. The quantitative estimate of drug-likeness (QED) is 0.313. The minimum Gasteiger partial charge on any atom is -0.493 e. The normalized spacial score (nSPS) is 14.4. The summed E-state index contributed by atoms with van der Waals surface area (Å²) in [5.74, 6) is 0.448. The third-order valence-electron chi connectivity index (χ3n) is 5.58. The zero-order chi connectivity index (χ0) is 25.1. The molecular formula is C25H21N7O4. The number of anilines is 2. The fourth-order valence-electron chi connectivity index (χ4n) is 3.91. The Balaban J connectivity index is 1.50. The van der Waals surface area contributed by atoms with Gasteiger partial charge in [-0.3, -0.25) is 4.79 Å². The van der Waals surface area contributed by atoms with E-state index < -0.39 is 12.0 Å². The number of ether oxygens (including phenoxy) is 2. The Hall–Kier alpha value is -5.06. The van der Waals surface area contributed by atoms with Crippen LogP contribution < -0.4 is 20.1 Å². The SMILES string of the molecule is COc1cc(C2C(C(=O)Nc3ccccn3)=C(C)Nc3nnnn32)ccc1OC(=O)c1ccccc1. The number of benzene rings is 2. The van der Waals surface area contributed by atoms with Crippen molar-refractivity contribution in [3.8, 4) is 11.5 Å². The van der Waals surface area contributed by atoms with Crippen molar-refractivity contribution in [2.24, 2.45) is 0 Å². The maximum atomic E-state index is 13.4. The van der Waals surface area contributed by atoms with Crippen molar-refractivity contribution >= 4 is 23.6 Å². The second kappa shape index (κ2) is 9.66. The second-order valence-electron chi connectivity index (χ2n) is 7.85. The zero-order valence-corrected chi connectivity index (χ0v) is 19.4. The average molecular weight is 483 g/mol. The molecule has 11 nitrogen and oxygen atoms in total. The van der Waals surface area contributed by atoms with E-state index in [-0.39, 0.29) is 11.7 Å². The van der Waals surface area contributed by atoms with E-state index in [0.29, 0.717) is 39.9 Å². The van der Waals surface area contributed by atoms with Gasteiger partial charge in [0.25, 0.3) is 5.91 Å². The van der Waals surface area contributed by atoms with Crippen LogP contribution in [0.4, 0.5) is 11.8 Å². The molecule has 2 aromatic heterocycles. The van der Waals surface area contributed by atoms with Gasteiger partial charge in [-0.2, -0.15) is 4.68 Å². The summed E-state index contributed by atoms with van der Waals surface area (Å²) >= 11 is 0. The van der Waals surface area contributed by atoms with Crippen molar-refractivity contribution in [1.29, 1.82) is 0 Å². The molecule has 11 heteroatoms. The number of carbonyl (C=O) groups excluding carboxylic acids is 2. The lowest BCUT2D eigenvalue weighted by atomic mass is 9.94. The molecule has 0 fully saturated rings. The van der Waals surface area contributed by atoms with E-state index in [9.17, 15) is 9.59 Å². The molecule has 1 aliphatic rings. The van der Waals surface area contributed by atoms with Gasteiger partial charge < -0.3 is 20.1 Å². The highest BCUT2D eigenvalue weighted by atomic mass is 16.6. The van der Waals surface area contributed by atoms with Crippen LogP contribution in [-0.4, -0.2) is 44.2 Å². The predicted molar refractivity (Wildman–Crippen MR) is 130 cm³/mol. The van der Waals surface area contributed by atoms with Crippen molar-refractivity contribution in [3.05, 3.63) is 95.3 Å². The van der Waals surface area contributed by atoms with Gasteiger partial charge in [0.1, 0.15) is 11.9 Å². The maximum absolute atomic E-state index is 13.4. The number of amides is 1. The highest BCUT2D eigenvalue weighted by Gasteiger charge is 2.34. The summed E-state index contributed by atoms with van der Waals surface area (Å²) in [4.78, 5) is 30.1. The van der Waals surface area contributed by atoms with Crippen LogP contribution in [0.1, 0.15) is 28.9 Å². The minimum atomic E-state index is -0.687. The number of nitrogens with zero attached hydrogens (tertiary/aromatic N) is 5. The van der Waals surface area contributed by atoms with Gasteiger partial charge in [-0.1, -0.05) is 35.4 Å². The number of esters is 1. The Morgan fingerprint density at radius 1 is 1.03 bits per heavy atom. The number of rotatable bonds is 6. The molecule has 0 aliphatic carbocycles. The molecular weight excluding hydrogens is 462 g/mol. The van der Waals surface area contributed by atoms with Crippen molar-refractivity contribution in [1.82, 2.24) is 25.2 Å². The van der Waals surface area contributed by atoms with Gasteiger partial charge in [-0.05, 0) is 59.3 Å². The number of fused-ring (bicyclic) bond motifs is 1. The molecule has 36 heavy (non-hydrogen) atoms. The van der Waals surface area contributed by atoms with Gasteiger partial charge in [-0.25, -0.2) is 9.78 Å². The number of pyridine rings is 1. The van der Waals surface area contributed by atoms with Gasteiger partial charge in [0.05, 0.1) is 18.2 Å². The van der Waals surface area contributed by atoms with Crippen molar-refractivity contribution in [3.63, 3.8) is 0 Å². The van der Waals surface area contributed by atoms with Crippen LogP contribution in [0.2, 0.25) is 0 Å². The Kier molecular flexibility index (Phi) is 6.10. The number of aromatic nitrogens is 5. The van der Waals surface area contributed by atoms with E-state index >= 15 is 0 Å². The van der Waals surface area contributed by atoms with E-state index in [1.165, 1.54) is 11.8 Å². The van der Waals surface area contributed by atoms with E-state index in [1.54, 1.807) is 73.8 Å². The first-order valence-corrected chi connectivity index (χ1v) is 11.0. The van der Waals surface area contributed by atoms with Crippen molar-refractivity contribution < 1.29 is 19.1 Å². The van der Waals surface area contributed by atoms with Crippen LogP contribution in [-0.2, 0) is 4.79 Å². The summed E-state index contributed by atoms with van der Waals surface area (Å²) in [7, 11) is 1.47. The molecule has 0 radical (unpaired) electrons. The van der Waals surface area contributed by atoms with E-state index in [1.807, 2.05) is 6.07 Å². The smallest absolute Gasteiger partial charge is 0.343 e. The molecule has 0 bridgehead atoms. The van der Waals surface area contributed by atoms with Gasteiger partial charge in [0.2, 0.25) is 5.95 Å². The van der Waals surface area contributed by atoms with E-state index in [0.717, 1.165) is 0 Å². The molecule has 2 aromatic carbocycles. The Morgan fingerprint density at radius 3 is 2.58 bits per heavy atom. The van der Waals surface area contributed by atoms with Crippen LogP contribution in [0.5, 0.6) is 11.5 Å². The summed E-state index contributed by atoms with van der Waals surface area (Å²) in [6.07, 6.45) is 1.59. The second-order valence-corrected chi connectivity index (χ2v) is 7.85. The van der Waals surface area contributed by atoms with Gasteiger partial charge in [0, 0.05) is 11.9 Å². The summed E-state index contributed by atoms with van der Waals surface area (Å²) in [5, 5.41) is 17.7. The molecule has 3 heterocycles. The molecule has 2 N–H and O–H groups in total.